The van der Waals surface area contributed by atoms with Crippen molar-refractivity contribution >= 4 is 11.7 Å². The number of nitrogens with zero attached hydrogens (tertiary/aromatic N) is 2. The minimum absolute atomic E-state index is 0.00650. The van der Waals surface area contributed by atoms with Crippen LogP contribution in [0.5, 0.6) is 0 Å². The normalized spacial score (nSPS) is 16.0. The molecule has 1 heterocycles. The number of nitrogens with two attached hydrogens (primary N) is 1. The summed E-state index contributed by atoms with van der Waals surface area (Å²) in [4.78, 5) is 16.5. The average Bonchev–Trinajstić information content (AvgIpc) is 2.24. The van der Waals surface area contributed by atoms with Gasteiger partial charge in [-0.3, -0.25) is 4.79 Å². The molecular formula is C12H14F3N3O. The fourth-order valence-corrected chi connectivity index (χ4v) is 2.01. The van der Waals surface area contributed by atoms with Gasteiger partial charge in [-0.1, -0.05) is 0 Å². The summed E-state index contributed by atoms with van der Waals surface area (Å²) in [6.45, 7) is 0. The van der Waals surface area contributed by atoms with Gasteiger partial charge in [0.2, 0.25) is 0 Å². The van der Waals surface area contributed by atoms with Crippen LogP contribution in [-0.4, -0.2) is 24.0 Å². The van der Waals surface area contributed by atoms with Gasteiger partial charge in [-0.15, -0.1) is 0 Å². The van der Waals surface area contributed by atoms with Crippen molar-refractivity contribution in [3.63, 3.8) is 0 Å². The van der Waals surface area contributed by atoms with Gasteiger partial charge in [0, 0.05) is 13.1 Å². The topological polar surface area (TPSA) is 59.2 Å². The van der Waals surface area contributed by atoms with Crippen LogP contribution in [0.25, 0.3) is 0 Å². The Labute approximate surface area is 108 Å². The van der Waals surface area contributed by atoms with E-state index in [-0.39, 0.29) is 17.4 Å². The van der Waals surface area contributed by atoms with Crippen LogP contribution in [-0.2, 0) is 6.18 Å². The zero-order valence-electron chi connectivity index (χ0n) is 10.4. The molecule has 1 amide bonds. The Morgan fingerprint density at radius 1 is 1.42 bits per heavy atom. The second-order valence-corrected chi connectivity index (χ2v) is 4.63. The van der Waals surface area contributed by atoms with Crippen molar-refractivity contribution in [3.8, 4) is 0 Å². The summed E-state index contributed by atoms with van der Waals surface area (Å²) in [6, 6.07) is 1.98. The van der Waals surface area contributed by atoms with Crippen LogP contribution in [0, 0.1) is 0 Å². The van der Waals surface area contributed by atoms with Crippen LogP contribution in [0.2, 0.25) is 0 Å². The van der Waals surface area contributed by atoms with Crippen LogP contribution in [0.1, 0.15) is 35.3 Å². The zero-order valence-corrected chi connectivity index (χ0v) is 10.4. The van der Waals surface area contributed by atoms with E-state index in [1.165, 1.54) is 0 Å². The maximum absolute atomic E-state index is 12.7. The van der Waals surface area contributed by atoms with Gasteiger partial charge in [0.15, 0.2) is 0 Å². The molecule has 0 spiro atoms. The number of carbonyl (C=O) groups excluding carboxylic acids is 1. The predicted molar refractivity (Wildman–Crippen MR) is 63.8 cm³/mol. The lowest BCUT2D eigenvalue weighted by Gasteiger charge is -2.36. The summed E-state index contributed by atoms with van der Waals surface area (Å²) in [5, 5.41) is 0. The van der Waals surface area contributed by atoms with E-state index in [0.29, 0.717) is 0 Å². The summed E-state index contributed by atoms with van der Waals surface area (Å²) in [6.07, 6.45) is -1.75. The van der Waals surface area contributed by atoms with Crippen LogP contribution in [0.3, 0.4) is 0 Å². The molecule has 1 aromatic heterocycles. The Hall–Kier alpha value is -1.79. The number of carbonyl (C=O) groups is 1. The summed E-state index contributed by atoms with van der Waals surface area (Å²) in [7, 11) is 1.64. The molecule has 1 aliphatic carbocycles. The first-order chi connectivity index (χ1) is 8.80. The lowest BCUT2D eigenvalue weighted by Crippen LogP contribution is -2.39. The van der Waals surface area contributed by atoms with Gasteiger partial charge in [0.05, 0.1) is 5.56 Å². The first-order valence-electron chi connectivity index (χ1n) is 5.91. The quantitative estimate of drug-likeness (QED) is 0.918. The van der Waals surface area contributed by atoms with E-state index in [2.05, 4.69) is 4.98 Å². The molecule has 0 saturated heterocycles. The Morgan fingerprint density at radius 2 is 2.05 bits per heavy atom. The number of halogens is 3. The lowest BCUT2D eigenvalue weighted by atomic mass is 9.91. The molecule has 0 unspecified atom stereocenters. The summed E-state index contributed by atoms with van der Waals surface area (Å²) in [5.41, 5.74) is 4.19. The molecular weight excluding hydrogens is 259 g/mol. The molecule has 0 bridgehead atoms. The third-order valence-corrected chi connectivity index (χ3v) is 3.39. The van der Waals surface area contributed by atoms with E-state index in [9.17, 15) is 18.0 Å². The lowest BCUT2D eigenvalue weighted by molar-refractivity contribution is -0.141. The van der Waals surface area contributed by atoms with Crippen molar-refractivity contribution in [2.24, 2.45) is 5.73 Å². The molecule has 4 nitrogen and oxygen atoms in total. The first kappa shape index (κ1) is 13.6. The number of alkyl halides is 3. The van der Waals surface area contributed by atoms with E-state index in [4.69, 9.17) is 5.73 Å². The largest absolute Gasteiger partial charge is 0.433 e. The van der Waals surface area contributed by atoms with Gasteiger partial charge < -0.3 is 10.6 Å². The third kappa shape index (κ3) is 2.64. The van der Waals surface area contributed by atoms with Crippen LogP contribution in [0.15, 0.2) is 12.1 Å². The molecule has 1 aliphatic rings. The molecule has 0 atom stereocenters. The number of hydrogen-bond acceptors (Lipinski definition) is 3. The molecule has 104 valence electrons. The summed E-state index contributed by atoms with van der Waals surface area (Å²) in [5.74, 6) is -0.769. The van der Waals surface area contributed by atoms with E-state index >= 15 is 0 Å². The van der Waals surface area contributed by atoms with Crippen molar-refractivity contribution in [1.82, 2.24) is 4.98 Å². The van der Waals surface area contributed by atoms with Gasteiger partial charge in [0.25, 0.3) is 5.91 Å². The van der Waals surface area contributed by atoms with Crippen LogP contribution in [0.4, 0.5) is 19.0 Å². The Bertz CT molecular complexity index is 497. The summed E-state index contributed by atoms with van der Waals surface area (Å²) >= 11 is 0. The van der Waals surface area contributed by atoms with E-state index < -0.39 is 17.8 Å². The first-order valence-corrected chi connectivity index (χ1v) is 5.91. The maximum atomic E-state index is 12.7. The fourth-order valence-electron chi connectivity index (χ4n) is 2.01. The van der Waals surface area contributed by atoms with E-state index in [1.807, 2.05) is 0 Å². The SMILES string of the molecule is CN(c1nc(C(F)(F)F)ccc1C(N)=O)C1CCC1. The minimum atomic E-state index is -4.54. The highest BCUT2D eigenvalue weighted by Gasteiger charge is 2.35. The minimum Gasteiger partial charge on any atom is -0.365 e. The second kappa shape index (κ2) is 4.71. The van der Waals surface area contributed by atoms with Crippen LogP contribution < -0.4 is 10.6 Å². The van der Waals surface area contributed by atoms with Crippen molar-refractivity contribution in [3.05, 3.63) is 23.4 Å². The van der Waals surface area contributed by atoms with Gasteiger partial charge in [-0.2, -0.15) is 13.2 Å². The number of aromatic nitrogens is 1. The standard InChI is InChI=1S/C12H14F3N3O/c1-18(7-3-2-4-7)11-8(10(16)19)5-6-9(17-11)12(13,14)15/h5-7H,2-4H2,1H3,(H2,16,19). The number of rotatable bonds is 3. The molecule has 2 rings (SSSR count). The number of hydrogen-bond donors (Lipinski definition) is 1. The van der Waals surface area contributed by atoms with E-state index in [0.717, 1.165) is 31.4 Å². The molecule has 2 N–H and O–H groups in total. The second-order valence-electron chi connectivity index (χ2n) is 4.63. The zero-order chi connectivity index (χ0) is 14.2. The smallest absolute Gasteiger partial charge is 0.365 e. The third-order valence-electron chi connectivity index (χ3n) is 3.39. The molecule has 1 aromatic rings. The van der Waals surface area contributed by atoms with Gasteiger partial charge in [-0.25, -0.2) is 4.98 Å². The Morgan fingerprint density at radius 3 is 2.47 bits per heavy atom. The highest BCUT2D eigenvalue weighted by Crippen LogP contribution is 2.33. The molecule has 1 fully saturated rings. The Kier molecular flexibility index (Phi) is 3.38. The maximum Gasteiger partial charge on any atom is 0.433 e. The predicted octanol–water partition coefficient (Wildman–Crippen LogP) is 2.19. The highest BCUT2D eigenvalue weighted by molar-refractivity contribution is 5.97. The van der Waals surface area contributed by atoms with Gasteiger partial charge in [-0.05, 0) is 31.4 Å². The number of primary amides is 1. The fraction of sp³-hybridized carbons (Fsp3) is 0.500. The van der Waals surface area contributed by atoms with Crippen molar-refractivity contribution < 1.29 is 18.0 Å². The van der Waals surface area contributed by atoms with Gasteiger partial charge in [0.1, 0.15) is 11.5 Å². The molecule has 0 aliphatic heterocycles. The molecule has 19 heavy (non-hydrogen) atoms. The number of amides is 1. The van der Waals surface area contributed by atoms with Crippen molar-refractivity contribution in [1.29, 1.82) is 0 Å². The number of pyridine rings is 1. The molecule has 0 aromatic carbocycles. The monoisotopic (exact) mass is 273 g/mol. The van der Waals surface area contributed by atoms with Crippen molar-refractivity contribution in [2.75, 3.05) is 11.9 Å². The number of anilines is 1. The van der Waals surface area contributed by atoms with Crippen LogP contribution >= 0.6 is 0 Å². The molecule has 0 radical (unpaired) electrons. The highest BCUT2D eigenvalue weighted by atomic mass is 19.4. The van der Waals surface area contributed by atoms with Gasteiger partial charge >= 0.3 is 6.18 Å². The Balaban J connectivity index is 2.44. The van der Waals surface area contributed by atoms with Crippen molar-refractivity contribution in [2.45, 2.75) is 31.5 Å². The average molecular weight is 273 g/mol. The summed E-state index contributed by atoms with van der Waals surface area (Å²) < 4.78 is 38.0. The molecule has 1 saturated carbocycles. The van der Waals surface area contributed by atoms with E-state index in [1.54, 1.807) is 11.9 Å². The molecule has 7 heteroatoms.